The number of nitrogens with zero attached hydrogens (tertiary/aromatic N) is 7. The molecular formula is C38H34F3N7O3. The highest BCUT2D eigenvalue weighted by molar-refractivity contribution is 6.08. The molecule has 6 aromatic rings. The molecule has 1 unspecified atom stereocenters. The summed E-state index contributed by atoms with van der Waals surface area (Å²) in [5.41, 5.74) is -0.822. The normalized spacial score (nSPS) is 16.9. The van der Waals surface area contributed by atoms with Gasteiger partial charge in [0.2, 0.25) is 0 Å². The van der Waals surface area contributed by atoms with Crippen molar-refractivity contribution in [3.05, 3.63) is 94.9 Å². The fraction of sp³-hybridized carbons (Fsp3) is 0.316. The zero-order valence-corrected chi connectivity index (χ0v) is 28.4. The molecule has 13 heteroatoms. The number of hydrogen-bond donors (Lipinski definition) is 0. The Morgan fingerprint density at radius 2 is 1.78 bits per heavy atom. The van der Waals surface area contributed by atoms with Crippen LogP contribution in [0, 0.1) is 18.3 Å². The number of nitriles is 1. The maximum Gasteiger partial charge on any atom is 0.431 e. The Balaban J connectivity index is 1.50. The van der Waals surface area contributed by atoms with Crippen LogP contribution in [-0.2, 0) is 10.9 Å². The van der Waals surface area contributed by atoms with Gasteiger partial charge in [-0.1, -0.05) is 36.4 Å². The summed E-state index contributed by atoms with van der Waals surface area (Å²) >= 11 is 0. The third-order valence-corrected chi connectivity index (χ3v) is 9.28. The van der Waals surface area contributed by atoms with Gasteiger partial charge >= 0.3 is 12.3 Å². The van der Waals surface area contributed by atoms with Crippen LogP contribution in [0.3, 0.4) is 0 Å². The lowest BCUT2D eigenvalue weighted by Crippen LogP contribution is -2.48. The number of rotatable bonds is 4. The minimum absolute atomic E-state index is 0.00647. The second kappa shape index (κ2) is 12.5. The van der Waals surface area contributed by atoms with Gasteiger partial charge in [0.1, 0.15) is 28.0 Å². The molecule has 0 bridgehead atoms. The summed E-state index contributed by atoms with van der Waals surface area (Å²) in [7, 11) is 0. The van der Waals surface area contributed by atoms with Crippen LogP contribution in [0.5, 0.6) is 0 Å². The average molecular weight is 694 g/mol. The number of imidazole rings is 1. The van der Waals surface area contributed by atoms with Crippen molar-refractivity contribution in [2.75, 3.05) is 6.54 Å². The number of aryl methyl sites for hydroxylation is 1. The van der Waals surface area contributed by atoms with Crippen molar-refractivity contribution in [1.82, 2.24) is 29.0 Å². The average Bonchev–Trinajstić information content (AvgIpc) is 3.53. The van der Waals surface area contributed by atoms with Crippen LogP contribution in [0.15, 0.2) is 78.0 Å². The van der Waals surface area contributed by atoms with Gasteiger partial charge < -0.3 is 14.2 Å². The van der Waals surface area contributed by atoms with E-state index in [4.69, 9.17) is 14.7 Å². The van der Waals surface area contributed by atoms with Gasteiger partial charge in [-0.25, -0.2) is 14.8 Å². The van der Waals surface area contributed by atoms with Crippen LogP contribution in [0.1, 0.15) is 57.5 Å². The maximum atomic E-state index is 15.1. The number of piperidine rings is 1. The molecule has 10 nitrogen and oxygen atoms in total. The molecule has 1 amide bonds. The standard InChI is InChI=1S/C38H34F3N7O3/c1-22-26(12-8-17-43-22)31-33-34(47(21-44-33)25-15-18-46(24(19-25)14-16-42)36(50)51-37(2,3)4)28-20-30(38(39,40)41)48(35(49)32(28)45-31)29-13-7-10-23-9-5-6-11-27(23)29/h5-13,17,20-21,24-25H,14-15,18-19H2,1-4H3/t24-,25?/m1/s1. The fourth-order valence-electron chi connectivity index (χ4n) is 7.05. The molecule has 4 aromatic heterocycles. The Hall–Kier alpha value is -5.77. The zero-order valence-electron chi connectivity index (χ0n) is 28.4. The Bertz CT molecular complexity index is 2430. The van der Waals surface area contributed by atoms with Crippen molar-refractivity contribution >= 4 is 38.8 Å². The number of hydrogen-bond acceptors (Lipinski definition) is 7. The SMILES string of the molecule is Cc1ncccc1-c1nc2c(=O)n(-c3cccc4ccccc34)c(C(F)(F)F)cc2c2c1ncn2C1CCN(C(=O)OC(C)(C)C)[C@H](CC#N)C1. The third kappa shape index (κ3) is 6.05. The second-order valence-electron chi connectivity index (χ2n) is 13.7. The predicted molar refractivity (Wildman–Crippen MR) is 186 cm³/mol. The van der Waals surface area contributed by atoms with Gasteiger partial charge in [-0.05, 0) is 70.2 Å². The zero-order chi connectivity index (χ0) is 36.2. The van der Waals surface area contributed by atoms with E-state index >= 15 is 13.2 Å². The summed E-state index contributed by atoms with van der Waals surface area (Å²) in [5.74, 6) is 0. The minimum Gasteiger partial charge on any atom is -0.444 e. The number of ether oxygens (including phenoxy) is 1. The van der Waals surface area contributed by atoms with Crippen LogP contribution in [0.2, 0.25) is 0 Å². The highest BCUT2D eigenvalue weighted by atomic mass is 19.4. The molecule has 0 radical (unpaired) electrons. The van der Waals surface area contributed by atoms with Gasteiger partial charge in [-0.2, -0.15) is 18.4 Å². The molecule has 1 aliphatic rings. The minimum atomic E-state index is -4.92. The maximum absolute atomic E-state index is 15.1. The van der Waals surface area contributed by atoms with Gasteiger partial charge in [-0.3, -0.25) is 14.3 Å². The summed E-state index contributed by atoms with van der Waals surface area (Å²) < 4.78 is 53.4. The monoisotopic (exact) mass is 693 g/mol. The van der Waals surface area contributed by atoms with Gasteiger partial charge in [-0.15, -0.1) is 0 Å². The Labute approximate surface area is 290 Å². The molecule has 0 spiro atoms. The van der Waals surface area contributed by atoms with Crippen LogP contribution in [-0.4, -0.2) is 53.3 Å². The molecule has 2 atom stereocenters. The first-order chi connectivity index (χ1) is 24.3. The number of aromatic nitrogens is 5. The van der Waals surface area contributed by atoms with E-state index in [9.17, 15) is 14.9 Å². The number of carbonyl (C=O) groups excluding carboxylic acids is 1. The summed E-state index contributed by atoms with van der Waals surface area (Å²) in [5, 5.41) is 10.8. The molecule has 1 saturated heterocycles. The smallest absolute Gasteiger partial charge is 0.431 e. The topological polar surface area (TPSA) is 119 Å². The summed E-state index contributed by atoms with van der Waals surface area (Å²) in [6, 6.07) is 17.6. The number of halogens is 3. The molecular weight excluding hydrogens is 659 g/mol. The number of likely N-dealkylation sites (tertiary alicyclic amines) is 1. The van der Waals surface area contributed by atoms with E-state index in [1.54, 1.807) is 98.2 Å². The molecule has 0 N–H and O–H groups in total. The molecule has 1 aliphatic heterocycles. The van der Waals surface area contributed by atoms with Crippen molar-refractivity contribution in [3.63, 3.8) is 0 Å². The van der Waals surface area contributed by atoms with Crippen molar-refractivity contribution in [2.45, 2.75) is 70.8 Å². The van der Waals surface area contributed by atoms with Crippen molar-refractivity contribution in [2.24, 2.45) is 0 Å². The van der Waals surface area contributed by atoms with E-state index in [1.165, 1.54) is 6.07 Å². The number of carbonyl (C=O) groups is 1. The lowest BCUT2D eigenvalue weighted by atomic mass is 9.95. The van der Waals surface area contributed by atoms with Crippen molar-refractivity contribution < 1.29 is 22.7 Å². The highest BCUT2D eigenvalue weighted by Crippen LogP contribution is 2.40. The highest BCUT2D eigenvalue weighted by Gasteiger charge is 2.39. The van der Waals surface area contributed by atoms with E-state index in [0.717, 1.165) is 6.07 Å². The predicted octanol–water partition coefficient (Wildman–Crippen LogP) is 8.13. The van der Waals surface area contributed by atoms with Gasteiger partial charge in [0, 0.05) is 46.9 Å². The number of pyridine rings is 3. The van der Waals surface area contributed by atoms with E-state index in [0.29, 0.717) is 56.2 Å². The number of alkyl halides is 3. The Kier molecular flexibility index (Phi) is 8.28. The fourth-order valence-corrected chi connectivity index (χ4v) is 7.05. The lowest BCUT2D eigenvalue weighted by Gasteiger charge is -2.39. The van der Waals surface area contributed by atoms with Crippen LogP contribution < -0.4 is 5.56 Å². The quantitative estimate of drug-likeness (QED) is 0.183. The summed E-state index contributed by atoms with van der Waals surface area (Å²) in [6.45, 7) is 7.31. The first kappa shape index (κ1) is 33.7. The second-order valence-corrected chi connectivity index (χ2v) is 13.7. The van der Waals surface area contributed by atoms with Gasteiger partial charge in [0.05, 0.1) is 30.0 Å². The van der Waals surface area contributed by atoms with E-state index < -0.39 is 35.2 Å². The first-order valence-electron chi connectivity index (χ1n) is 16.6. The third-order valence-electron chi connectivity index (χ3n) is 9.28. The lowest BCUT2D eigenvalue weighted by molar-refractivity contribution is -0.142. The first-order valence-corrected chi connectivity index (χ1v) is 16.6. The number of benzene rings is 2. The van der Waals surface area contributed by atoms with Gasteiger partial charge in [0.25, 0.3) is 5.56 Å². The molecule has 51 heavy (non-hydrogen) atoms. The molecule has 7 rings (SSSR count). The summed E-state index contributed by atoms with van der Waals surface area (Å²) in [6.07, 6.45) is -1.56. The molecule has 5 heterocycles. The van der Waals surface area contributed by atoms with Crippen LogP contribution >= 0.6 is 0 Å². The number of amides is 1. The van der Waals surface area contributed by atoms with E-state index in [-0.39, 0.29) is 35.6 Å². The molecule has 260 valence electrons. The Morgan fingerprint density at radius 3 is 2.51 bits per heavy atom. The molecule has 2 aromatic carbocycles. The van der Waals surface area contributed by atoms with E-state index in [2.05, 4.69) is 11.1 Å². The largest absolute Gasteiger partial charge is 0.444 e. The van der Waals surface area contributed by atoms with Crippen LogP contribution in [0.4, 0.5) is 18.0 Å². The van der Waals surface area contributed by atoms with Crippen molar-refractivity contribution in [1.29, 1.82) is 5.26 Å². The van der Waals surface area contributed by atoms with Crippen molar-refractivity contribution in [3.8, 4) is 23.0 Å². The Morgan fingerprint density at radius 1 is 1.02 bits per heavy atom. The molecule has 0 aliphatic carbocycles. The van der Waals surface area contributed by atoms with Crippen LogP contribution in [0.25, 0.3) is 49.7 Å². The number of fused-ring (bicyclic) bond motifs is 4. The summed E-state index contributed by atoms with van der Waals surface area (Å²) in [4.78, 5) is 43.1. The molecule has 0 saturated carbocycles. The van der Waals surface area contributed by atoms with Gasteiger partial charge in [0.15, 0.2) is 0 Å². The molecule has 1 fully saturated rings. The van der Waals surface area contributed by atoms with E-state index in [1.807, 2.05) is 0 Å².